The molecule has 2 amide bonds. The van der Waals surface area contributed by atoms with E-state index in [0.717, 1.165) is 24.2 Å². The van der Waals surface area contributed by atoms with Gasteiger partial charge in [-0.2, -0.15) is 0 Å². The molecular weight excluding hydrogens is 358 g/mol. The van der Waals surface area contributed by atoms with Crippen LogP contribution < -0.4 is 11.1 Å². The van der Waals surface area contributed by atoms with E-state index in [0.29, 0.717) is 12.5 Å². The predicted octanol–water partition coefficient (Wildman–Crippen LogP) is 2.67. The number of rotatable bonds is 6. The second-order valence-electron chi connectivity index (χ2n) is 6.54. The number of hydrogen-bond donors (Lipinski definition) is 2. The Labute approximate surface area is 160 Å². The zero-order chi connectivity index (χ0) is 17.7. The minimum atomic E-state index is -0.229. The Morgan fingerprint density at radius 3 is 2.56 bits per heavy atom. The summed E-state index contributed by atoms with van der Waals surface area (Å²) in [4.78, 5) is 26.5. The molecule has 3 unspecified atom stereocenters. The van der Waals surface area contributed by atoms with Gasteiger partial charge in [-0.15, -0.1) is 24.2 Å². The molecule has 140 valence electrons. The Hall–Kier alpha value is -1.24. The van der Waals surface area contributed by atoms with Crippen molar-refractivity contribution in [1.29, 1.82) is 0 Å². The molecule has 0 spiro atoms. The molecule has 1 aliphatic rings. The minimum absolute atomic E-state index is 0. The first kappa shape index (κ1) is 21.8. The first-order valence-electron chi connectivity index (χ1n) is 8.39. The van der Waals surface area contributed by atoms with Gasteiger partial charge in [-0.25, -0.2) is 0 Å². The van der Waals surface area contributed by atoms with Crippen LogP contribution in [-0.2, 0) is 9.59 Å². The number of carbonyl (C=O) groups excluding carboxylic acids is 2. The molecule has 1 saturated heterocycles. The monoisotopic (exact) mass is 385 g/mol. The second kappa shape index (κ2) is 10.0. The highest BCUT2D eigenvalue weighted by Gasteiger charge is 2.33. The van der Waals surface area contributed by atoms with Crippen LogP contribution in [0.15, 0.2) is 24.3 Å². The maximum absolute atomic E-state index is 12.6. The number of likely N-dealkylation sites (tertiary alicyclic amines) is 1. The van der Waals surface area contributed by atoms with Crippen LogP contribution in [0.25, 0.3) is 0 Å². The van der Waals surface area contributed by atoms with E-state index < -0.39 is 0 Å². The zero-order valence-electron chi connectivity index (χ0n) is 15.0. The van der Waals surface area contributed by atoms with Gasteiger partial charge in [-0.1, -0.05) is 17.7 Å². The third kappa shape index (κ3) is 6.20. The molecule has 0 aromatic heterocycles. The molecule has 1 aromatic carbocycles. The summed E-state index contributed by atoms with van der Waals surface area (Å²) in [6.45, 7) is 7.29. The Morgan fingerprint density at radius 1 is 1.36 bits per heavy atom. The fourth-order valence-electron chi connectivity index (χ4n) is 2.96. The standard InChI is InChI=1S/C18H27N3O2S.ClH/c1-12-4-6-16(7-5-12)20-17(22)11-24-14(3)18(23)21-10-15(9-19)8-13(21)2;/h4-7,13-15H,8-11,19H2,1-3H3,(H,20,22);1H. The van der Waals surface area contributed by atoms with Crippen molar-refractivity contribution in [2.45, 2.75) is 38.5 Å². The smallest absolute Gasteiger partial charge is 0.235 e. The number of benzene rings is 1. The van der Waals surface area contributed by atoms with E-state index in [1.807, 2.05) is 43.0 Å². The van der Waals surface area contributed by atoms with E-state index in [-0.39, 0.29) is 41.3 Å². The molecule has 3 N–H and O–H groups in total. The van der Waals surface area contributed by atoms with Crippen LogP contribution in [0.2, 0.25) is 0 Å². The molecule has 2 rings (SSSR count). The SMILES string of the molecule is Cc1ccc(NC(=O)CSC(C)C(=O)N2CC(CN)CC2C)cc1.Cl. The Balaban J connectivity index is 0.00000312. The lowest BCUT2D eigenvalue weighted by Gasteiger charge is -2.24. The summed E-state index contributed by atoms with van der Waals surface area (Å²) in [6, 6.07) is 7.90. The van der Waals surface area contributed by atoms with Gasteiger partial charge in [0.1, 0.15) is 0 Å². The van der Waals surface area contributed by atoms with Crippen LogP contribution in [0, 0.1) is 12.8 Å². The number of carbonyl (C=O) groups is 2. The topological polar surface area (TPSA) is 75.4 Å². The highest BCUT2D eigenvalue weighted by molar-refractivity contribution is 8.01. The van der Waals surface area contributed by atoms with Gasteiger partial charge in [0.25, 0.3) is 0 Å². The number of nitrogens with one attached hydrogen (secondary N) is 1. The van der Waals surface area contributed by atoms with Gasteiger partial charge < -0.3 is 16.0 Å². The zero-order valence-corrected chi connectivity index (χ0v) is 16.7. The van der Waals surface area contributed by atoms with Crippen molar-refractivity contribution in [1.82, 2.24) is 4.90 Å². The molecule has 25 heavy (non-hydrogen) atoms. The fourth-order valence-corrected chi connectivity index (χ4v) is 3.71. The molecule has 0 saturated carbocycles. The van der Waals surface area contributed by atoms with Gasteiger partial charge in [0.15, 0.2) is 0 Å². The number of amides is 2. The Morgan fingerprint density at radius 2 is 2.00 bits per heavy atom. The number of nitrogens with zero attached hydrogens (tertiary/aromatic N) is 1. The summed E-state index contributed by atoms with van der Waals surface area (Å²) in [7, 11) is 0. The van der Waals surface area contributed by atoms with Gasteiger partial charge >= 0.3 is 0 Å². The lowest BCUT2D eigenvalue weighted by Crippen LogP contribution is -2.39. The van der Waals surface area contributed by atoms with Gasteiger partial charge in [-0.05, 0) is 51.8 Å². The average Bonchev–Trinajstić information content (AvgIpc) is 2.95. The maximum atomic E-state index is 12.6. The lowest BCUT2D eigenvalue weighted by atomic mass is 10.1. The summed E-state index contributed by atoms with van der Waals surface area (Å²) in [6.07, 6.45) is 0.966. The molecule has 5 nitrogen and oxygen atoms in total. The molecule has 1 heterocycles. The summed E-state index contributed by atoms with van der Waals surface area (Å²) in [5.74, 6) is 0.680. The van der Waals surface area contributed by atoms with Gasteiger partial charge in [0, 0.05) is 18.3 Å². The number of anilines is 1. The van der Waals surface area contributed by atoms with Gasteiger partial charge in [-0.3, -0.25) is 9.59 Å². The van der Waals surface area contributed by atoms with E-state index in [9.17, 15) is 9.59 Å². The van der Waals surface area contributed by atoms with Crippen molar-refractivity contribution in [2.24, 2.45) is 11.7 Å². The fraction of sp³-hybridized carbons (Fsp3) is 0.556. The lowest BCUT2D eigenvalue weighted by molar-refractivity contribution is -0.130. The predicted molar refractivity (Wildman–Crippen MR) is 107 cm³/mol. The molecule has 0 aliphatic carbocycles. The van der Waals surface area contributed by atoms with Crippen LogP contribution in [0.5, 0.6) is 0 Å². The van der Waals surface area contributed by atoms with Crippen LogP contribution >= 0.6 is 24.2 Å². The highest BCUT2D eigenvalue weighted by Crippen LogP contribution is 2.25. The second-order valence-corrected chi connectivity index (χ2v) is 7.87. The summed E-state index contributed by atoms with van der Waals surface area (Å²) in [5.41, 5.74) is 7.65. The molecule has 3 atom stereocenters. The van der Waals surface area contributed by atoms with E-state index in [1.54, 1.807) is 0 Å². The van der Waals surface area contributed by atoms with Crippen LogP contribution in [0.1, 0.15) is 25.8 Å². The summed E-state index contributed by atoms with van der Waals surface area (Å²) < 4.78 is 0. The molecule has 7 heteroatoms. The third-order valence-corrected chi connectivity index (χ3v) is 5.56. The van der Waals surface area contributed by atoms with Crippen molar-refractivity contribution in [3.8, 4) is 0 Å². The van der Waals surface area contributed by atoms with Crippen LogP contribution in [0.4, 0.5) is 5.69 Å². The van der Waals surface area contributed by atoms with Gasteiger partial charge in [0.2, 0.25) is 11.8 Å². The molecule has 1 aliphatic heterocycles. The number of thioether (sulfide) groups is 1. The molecule has 1 fully saturated rings. The van der Waals surface area contributed by atoms with Crippen molar-refractivity contribution >= 4 is 41.7 Å². The third-order valence-electron chi connectivity index (χ3n) is 4.43. The van der Waals surface area contributed by atoms with Crippen LogP contribution in [0.3, 0.4) is 0 Å². The molecule has 1 aromatic rings. The van der Waals surface area contributed by atoms with E-state index in [2.05, 4.69) is 12.2 Å². The quantitative estimate of drug-likeness (QED) is 0.789. The highest BCUT2D eigenvalue weighted by atomic mass is 35.5. The van der Waals surface area contributed by atoms with E-state index in [1.165, 1.54) is 11.8 Å². The van der Waals surface area contributed by atoms with Crippen LogP contribution in [-0.4, -0.2) is 46.8 Å². The molecule has 0 bridgehead atoms. The molecular formula is C18H28ClN3O2S. The summed E-state index contributed by atoms with van der Waals surface area (Å²) in [5, 5.41) is 2.63. The molecule has 0 radical (unpaired) electrons. The Bertz CT molecular complexity index is 582. The van der Waals surface area contributed by atoms with Crippen molar-refractivity contribution < 1.29 is 9.59 Å². The Kier molecular flexibility index (Phi) is 8.76. The number of nitrogens with two attached hydrogens (primary N) is 1. The van der Waals surface area contributed by atoms with E-state index >= 15 is 0 Å². The largest absolute Gasteiger partial charge is 0.339 e. The number of hydrogen-bond acceptors (Lipinski definition) is 4. The summed E-state index contributed by atoms with van der Waals surface area (Å²) >= 11 is 1.38. The first-order valence-corrected chi connectivity index (χ1v) is 9.44. The first-order chi connectivity index (χ1) is 11.4. The van der Waals surface area contributed by atoms with Gasteiger partial charge in [0.05, 0.1) is 11.0 Å². The normalized spacial score (nSPS) is 20.7. The van der Waals surface area contributed by atoms with Crippen molar-refractivity contribution in [3.63, 3.8) is 0 Å². The number of halogens is 1. The number of aryl methyl sites for hydroxylation is 1. The van der Waals surface area contributed by atoms with Crippen molar-refractivity contribution in [2.75, 3.05) is 24.2 Å². The maximum Gasteiger partial charge on any atom is 0.235 e. The minimum Gasteiger partial charge on any atom is -0.339 e. The average molecular weight is 386 g/mol. The van der Waals surface area contributed by atoms with E-state index in [4.69, 9.17) is 5.73 Å². The van der Waals surface area contributed by atoms with Crippen molar-refractivity contribution in [3.05, 3.63) is 29.8 Å².